The van der Waals surface area contributed by atoms with E-state index in [4.69, 9.17) is 6.57 Å². The molecule has 0 aliphatic rings. The van der Waals surface area contributed by atoms with Crippen molar-refractivity contribution >= 4 is 18.3 Å². The molecule has 11 heavy (non-hydrogen) atoms. The van der Waals surface area contributed by atoms with Crippen molar-refractivity contribution in [2.75, 3.05) is 0 Å². The Morgan fingerprint density at radius 1 is 1.36 bits per heavy atom. The molecule has 0 unspecified atom stereocenters. The molecule has 0 amide bonds. The molecule has 1 aromatic carbocycles. The summed E-state index contributed by atoms with van der Waals surface area (Å²) in [4.78, 5) is 3.28. The van der Waals surface area contributed by atoms with Gasteiger partial charge in [0.15, 0.2) is 5.70 Å². The van der Waals surface area contributed by atoms with Crippen LogP contribution in [0.4, 0.5) is 0 Å². The highest BCUT2D eigenvalue weighted by atomic mass is 32.1. The van der Waals surface area contributed by atoms with Crippen LogP contribution < -0.4 is 0 Å². The molecule has 0 aromatic heterocycles. The van der Waals surface area contributed by atoms with Crippen LogP contribution in [-0.2, 0) is 12.6 Å². The minimum Gasteiger partial charge on any atom is -0.799 e. The highest BCUT2D eigenvalue weighted by Gasteiger charge is 1.93. The lowest BCUT2D eigenvalue weighted by Crippen LogP contribution is -1.75. The van der Waals surface area contributed by atoms with Crippen molar-refractivity contribution in [2.45, 2.75) is 0 Å². The first-order valence-corrected chi connectivity index (χ1v) is 3.60. The van der Waals surface area contributed by atoms with Gasteiger partial charge in [0.05, 0.1) is 6.57 Å². The van der Waals surface area contributed by atoms with Gasteiger partial charge in [-0.15, -0.1) is 0 Å². The van der Waals surface area contributed by atoms with E-state index in [2.05, 4.69) is 17.5 Å². The van der Waals surface area contributed by atoms with E-state index in [1.54, 1.807) is 0 Å². The maximum Gasteiger partial charge on any atom is 0.168 e. The molecular formula is C9H6NS-. The van der Waals surface area contributed by atoms with Gasteiger partial charge in [-0.2, -0.15) is 0 Å². The topological polar surface area (TPSA) is 4.36 Å². The molecule has 1 rings (SSSR count). The zero-order chi connectivity index (χ0) is 8.10. The lowest BCUT2D eigenvalue weighted by Gasteiger charge is -1.99. The summed E-state index contributed by atoms with van der Waals surface area (Å²) in [6.07, 6.45) is 0. The van der Waals surface area contributed by atoms with Crippen LogP contribution in [0.5, 0.6) is 0 Å². The third-order valence-corrected chi connectivity index (χ3v) is 1.52. The van der Waals surface area contributed by atoms with Gasteiger partial charge in [-0.1, -0.05) is 30.3 Å². The zero-order valence-electron chi connectivity index (χ0n) is 5.82. The highest BCUT2D eigenvalue weighted by molar-refractivity contribution is 7.62. The monoisotopic (exact) mass is 160 g/mol. The van der Waals surface area contributed by atoms with Crippen LogP contribution in [0.3, 0.4) is 0 Å². The molecule has 1 aromatic rings. The number of hydrogen-bond donors (Lipinski definition) is 0. The molecule has 54 valence electrons. The fraction of sp³-hybridized carbons (Fsp3) is 0. The van der Waals surface area contributed by atoms with Gasteiger partial charge in [0, 0.05) is 0 Å². The summed E-state index contributed by atoms with van der Waals surface area (Å²) in [5.41, 5.74) is 1.41. The number of rotatable bonds is 1. The molecule has 0 saturated carbocycles. The summed E-state index contributed by atoms with van der Waals surface area (Å²) in [7, 11) is 0. The van der Waals surface area contributed by atoms with Gasteiger partial charge in [-0.3, -0.25) is 0 Å². The van der Waals surface area contributed by atoms with Gasteiger partial charge in [-0.05, 0) is 5.56 Å². The van der Waals surface area contributed by atoms with Gasteiger partial charge < -0.3 is 12.6 Å². The van der Waals surface area contributed by atoms with E-state index < -0.39 is 0 Å². The average Bonchev–Trinajstić information content (AvgIpc) is 2.09. The van der Waals surface area contributed by atoms with Crippen LogP contribution in [0.25, 0.3) is 10.5 Å². The first-order chi connectivity index (χ1) is 5.38. The lowest BCUT2D eigenvalue weighted by molar-refractivity contribution is 1.63. The summed E-state index contributed by atoms with van der Waals surface area (Å²) in [5.74, 6) is 0. The first-order valence-electron chi connectivity index (χ1n) is 3.13. The van der Waals surface area contributed by atoms with Crippen LogP contribution in [0.1, 0.15) is 5.56 Å². The lowest BCUT2D eigenvalue weighted by atomic mass is 10.2. The molecular weight excluding hydrogens is 154 g/mol. The molecule has 0 atom stereocenters. The van der Waals surface area contributed by atoms with E-state index in [1.165, 1.54) is 5.41 Å². The Bertz CT molecular complexity index is 295. The Kier molecular flexibility index (Phi) is 2.65. The van der Waals surface area contributed by atoms with E-state index in [9.17, 15) is 0 Å². The van der Waals surface area contributed by atoms with Gasteiger partial charge in [0.1, 0.15) is 0 Å². The van der Waals surface area contributed by atoms with Crippen molar-refractivity contribution in [3.8, 4) is 0 Å². The second kappa shape index (κ2) is 3.75. The molecule has 0 N–H and O–H groups in total. The van der Waals surface area contributed by atoms with Gasteiger partial charge in [-0.25, -0.2) is 10.3 Å². The predicted molar refractivity (Wildman–Crippen MR) is 48.4 cm³/mol. The minimum absolute atomic E-state index is 0.528. The van der Waals surface area contributed by atoms with Crippen LogP contribution in [0.2, 0.25) is 0 Å². The quantitative estimate of drug-likeness (QED) is 0.451. The van der Waals surface area contributed by atoms with Crippen molar-refractivity contribution in [1.29, 1.82) is 0 Å². The van der Waals surface area contributed by atoms with Crippen LogP contribution in [0.15, 0.2) is 35.7 Å². The predicted octanol–water partition coefficient (Wildman–Crippen LogP) is 2.45. The van der Waals surface area contributed by atoms with E-state index in [0.717, 1.165) is 5.56 Å². The summed E-state index contributed by atoms with van der Waals surface area (Å²) >= 11 is 4.68. The molecule has 0 spiro atoms. The van der Waals surface area contributed by atoms with Crippen molar-refractivity contribution in [2.24, 2.45) is 0 Å². The van der Waals surface area contributed by atoms with Crippen LogP contribution >= 0.6 is 0 Å². The fourth-order valence-corrected chi connectivity index (χ4v) is 0.957. The zero-order valence-corrected chi connectivity index (χ0v) is 6.64. The van der Waals surface area contributed by atoms with Crippen molar-refractivity contribution in [3.05, 3.63) is 52.7 Å². The number of nitrogens with zero attached hydrogens (tertiary/aromatic N) is 1. The Morgan fingerprint density at radius 2 is 2.00 bits per heavy atom. The van der Waals surface area contributed by atoms with E-state index in [0.29, 0.717) is 5.70 Å². The summed E-state index contributed by atoms with van der Waals surface area (Å²) < 4.78 is 0. The molecule has 0 heterocycles. The van der Waals surface area contributed by atoms with Crippen LogP contribution in [-0.4, -0.2) is 0 Å². The van der Waals surface area contributed by atoms with E-state index in [1.807, 2.05) is 30.3 Å². The molecule has 1 nitrogen and oxygen atoms in total. The molecule has 0 saturated heterocycles. The fourth-order valence-electron chi connectivity index (χ4n) is 0.768. The molecule has 2 heteroatoms. The van der Waals surface area contributed by atoms with Crippen LogP contribution in [0, 0.1) is 6.57 Å². The summed E-state index contributed by atoms with van der Waals surface area (Å²) in [6.45, 7) is 6.79. The van der Waals surface area contributed by atoms with Gasteiger partial charge in [0.25, 0.3) is 0 Å². The largest absolute Gasteiger partial charge is 0.799 e. The Morgan fingerprint density at radius 3 is 2.45 bits per heavy atom. The average molecular weight is 160 g/mol. The second-order valence-electron chi connectivity index (χ2n) is 1.98. The van der Waals surface area contributed by atoms with Crippen molar-refractivity contribution in [3.63, 3.8) is 0 Å². The molecule has 0 aliphatic heterocycles. The normalized spacial score (nSPS) is 10.6. The Balaban J connectivity index is 3.05. The molecule has 0 fully saturated rings. The third-order valence-electron chi connectivity index (χ3n) is 1.30. The van der Waals surface area contributed by atoms with Crippen molar-refractivity contribution in [1.82, 2.24) is 0 Å². The molecule has 0 radical (unpaired) electrons. The molecule has 0 bridgehead atoms. The third kappa shape index (κ3) is 1.79. The smallest absolute Gasteiger partial charge is 0.168 e. The second-order valence-corrected chi connectivity index (χ2v) is 2.22. The standard InChI is InChI=1S/C9H7NS/c1-10-9(7-11)8-5-3-2-4-6-8/h2-7,11H/p-1/b9-7-. The maximum absolute atomic E-state index is 6.79. The van der Waals surface area contributed by atoms with Gasteiger partial charge >= 0.3 is 0 Å². The van der Waals surface area contributed by atoms with Gasteiger partial charge in [0.2, 0.25) is 0 Å². The van der Waals surface area contributed by atoms with E-state index >= 15 is 0 Å². The Labute approximate surface area is 71.6 Å². The highest BCUT2D eigenvalue weighted by Crippen LogP contribution is 2.13. The van der Waals surface area contributed by atoms with Crippen molar-refractivity contribution < 1.29 is 0 Å². The summed E-state index contributed by atoms with van der Waals surface area (Å²) in [6, 6.07) is 9.43. The maximum atomic E-state index is 6.79. The van der Waals surface area contributed by atoms with E-state index in [-0.39, 0.29) is 0 Å². The summed E-state index contributed by atoms with van der Waals surface area (Å²) in [5, 5.41) is 1.41. The number of hydrogen-bond acceptors (Lipinski definition) is 1. The minimum atomic E-state index is 0.528. The molecule has 0 aliphatic carbocycles. The Hall–Kier alpha value is -1.33. The first kappa shape index (κ1) is 7.77. The number of benzene rings is 1. The SMILES string of the molecule is [C-]#[N+]/C(=C\[S-])c1ccccc1.